The maximum atomic E-state index is 5.57. The number of nitrogens with one attached hydrogen (secondary N) is 2. The van der Waals surface area contributed by atoms with Gasteiger partial charge >= 0.3 is 0 Å². The second-order valence-electron chi connectivity index (χ2n) is 3.13. The molecule has 0 unspecified atom stereocenters. The van der Waals surface area contributed by atoms with Crippen LogP contribution in [0, 0.1) is 0 Å². The lowest BCUT2D eigenvalue weighted by Gasteiger charge is -2.10. The zero-order valence-electron chi connectivity index (χ0n) is 9.25. The number of benzene rings is 1. The van der Waals surface area contributed by atoms with E-state index < -0.39 is 0 Å². The van der Waals surface area contributed by atoms with Crippen LogP contribution < -0.4 is 16.4 Å². The Morgan fingerprint density at radius 2 is 2.27 bits per heavy atom. The van der Waals surface area contributed by atoms with E-state index in [-0.39, 0.29) is 0 Å². The van der Waals surface area contributed by atoms with Crippen molar-refractivity contribution in [2.45, 2.75) is 13.5 Å². The van der Waals surface area contributed by atoms with Gasteiger partial charge in [0.2, 0.25) is 0 Å². The minimum atomic E-state index is 0.551. The fraction of sp³-hybridized carbons (Fsp3) is 0.364. The van der Waals surface area contributed by atoms with Gasteiger partial charge < -0.3 is 16.4 Å². The molecule has 1 aromatic rings. The fourth-order valence-corrected chi connectivity index (χ4v) is 1.26. The van der Waals surface area contributed by atoms with Crippen molar-refractivity contribution in [1.29, 1.82) is 0 Å². The van der Waals surface area contributed by atoms with Gasteiger partial charge in [-0.25, -0.2) is 0 Å². The van der Waals surface area contributed by atoms with Crippen molar-refractivity contribution in [3.05, 3.63) is 29.8 Å². The second-order valence-corrected chi connectivity index (χ2v) is 3.13. The molecule has 0 saturated heterocycles. The minimum absolute atomic E-state index is 0.551. The average molecular weight is 206 g/mol. The summed E-state index contributed by atoms with van der Waals surface area (Å²) in [5, 5.41) is 6.31. The molecular formula is C11H18N4. The Morgan fingerprint density at radius 1 is 1.47 bits per heavy atom. The zero-order valence-corrected chi connectivity index (χ0v) is 9.25. The first-order chi connectivity index (χ1) is 7.30. The molecule has 0 heterocycles. The van der Waals surface area contributed by atoms with Crippen LogP contribution in [-0.2, 0) is 6.54 Å². The topological polar surface area (TPSA) is 62.4 Å². The number of hydrogen-bond donors (Lipinski definition) is 3. The summed E-state index contributed by atoms with van der Waals surface area (Å²) in [6, 6.07) is 7.98. The Bertz CT molecular complexity index is 333. The van der Waals surface area contributed by atoms with E-state index >= 15 is 0 Å². The Morgan fingerprint density at radius 3 is 2.87 bits per heavy atom. The van der Waals surface area contributed by atoms with E-state index in [9.17, 15) is 0 Å². The van der Waals surface area contributed by atoms with Crippen molar-refractivity contribution < 1.29 is 0 Å². The predicted molar refractivity (Wildman–Crippen MR) is 65.0 cm³/mol. The van der Waals surface area contributed by atoms with Gasteiger partial charge in [-0.3, -0.25) is 4.99 Å². The largest absolute Gasteiger partial charge is 0.356 e. The molecule has 15 heavy (non-hydrogen) atoms. The summed E-state index contributed by atoms with van der Waals surface area (Å²) in [6.07, 6.45) is 0. The van der Waals surface area contributed by atoms with Crippen LogP contribution in [0.25, 0.3) is 0 Å². The molecule has 0 fully saturated rings. The van der Waals surface area contributed by atoms with Crippen LogP contribution in [0.2, 0.25) is 0 Å². The number of nitrogens with zero attached hydrogens (tertiary/aromatic N) is 1. The van der Waals surface area contributed by atoms with Crippen LogP contribution in [0.5, 0.6) is 0 Å². The molecule has 4 heteroatoms. The van der Waals surface area contributed by atoms with Crippen LogP contribution >= 0.6 is 0 Å². The predicted octanol–water partition coefficient (Wildman–Crippen LogP) is 1.15. The zero-order chi connectivity index (χ0) is 11.1. The van der Waals surface area contributed by atoms with Crippen LogP contribution in [0.15, 0.2) is 29.3 Å². The van der Waals surface area contributed by atoms with Crippen LogP contribution in [0.3, 0.4) is 0 Å². The lowest BCUT2D eigenvalue weighted by atomic mass is 10.2. The van der Waals surface area contributed by atoms with Crippen molar-refractivity contribution in [2.75, 3.05) is 18.9 Å². The highest BCUT2D eigenvalue weighted by Gasteiger charge is 1.97. The van der Waals surface area contributed by atoms with Gasteiger partial charge in [0, 0.05) is 25.8 Å². The monoisotopic (exact) mass is 206 g/mol. The number of rotatable bonds is 3. The lowest BCUT2D eigenvalue weighted by molar-refractivity contribution is 0.957. The molecule has 0 radical (unpaired) electrons. The number of hydrogen-bond acceptors (Lipinski definition) is 2. The van der Waals surface area contributed by atoms with Crippen LogP contribution in [-0.4, -0.2) is 19.6 Å². The molecule has 1 rings (SSSR count). The molecule has 0 spiro atoms. The summed E-state index contributed by atoms with van der Waals surface area (Å²) in [4.78, 5) is 4.09. The Hall–Kier alpha value is -1.55. The van der Waals surface area contributed by atoms with E-state index in [0.717, 1.165) is 23.8 Å². The van der Waals surface area contributed by atoms with E-state index in [1.165, 1.54) is 0 Å². The number of nitrogens with two attached hydrogens (primary N) is 1. The highest BCUT2D eigenvalue weighted by Crippen LogP contribution is 2.09. The van der Waals surface area contributed by atoms with Gasteiger partial charge in [0.1, 0.15) is 0 Å². The first-order valence-corrected chi connectivity index (χ1v) is 5.06. The maximum Gasteiger partial charge on any atom is 0.195 e. The SMILES string of the molecule is CCNC(=NC)Nc1cccc(CN)c1. The molecule has 0 aromatic heterocycles. The number of guanidine groups is 1. The fourth-order valence-electron chi connectivity index (χ4n) is 1.26. The number of aliphatic imine (C=N–C) groups is 1. The van der Waals surface area contributed by atoms with Gasteiger partial charge in [-0.05, 0) is 24.6 Å². The molecule has 0 aliphatic carbocycles. The van der Waals surface area contributed by atoms with Gasteiger partial charge in [0.05, 0.1) is 0 Å². The third-order valence-electron chi connectivity index (χ3n) is 1.99. The van der Waals surface area contributed by atoms with E-state index in [2.05, 4.69) is 15.6 Å². The molecule has 0 saturated carbocycles. The van der Waals surface area contributed by atoms with Crippen molar-refractivity contribution in [2.24, 2.45) is 10.7 Å². The molecule has 4 nitrogen and oxygen atoms in total. The molecule has 0 atom stereocenters. The quantitative estimate of drug-likeness (QED) is 0.513. The smallest absolute Gasteiger partial charge is 0.195 e. The Kier molecular flexibility index (Phi) is 4.63. The van der Waals surface area contributed by atoms with Crippen LogP contribution in [0.4, 0.5) is 5.69 Å². The summed E-state index contributed by atoms with van der Waals surface area (Å²) < 4.78 is 0. The Labute approximate surface area is 90.6 Å². The maximum absolute atomic E-state index is 5.57. The van der Waals surface area contributed by atoms with Crippen molar-refractivity contribution in [3.63, 3.8) is 0 Å². The average Bonchev–Trinajstić information content (AvgIpc) is 2.29. The first kappa shape index (κ1) is 11.5. The molecule has 0 aliphatic heterocycles. The Balaban J connectivity index is 2.70. The third-order valence-corrected chi connectivity index (χ3v) is 1.99. The van der Waals surface area contributed by atoms with Crippen molar-refractivity contribution >= 4 is 11.6 Å². The summed E-state index contributed by atoms with van der Waals surface area (Å²) >= 11 is 0. The van der Waals surface area contributed by atoms with Crippen LogP contribution in [0.1, 0.15) is 12.5 Å². The van der Waals surface area contributed by atoms with Gasteiger partial charge in [-0.1, -0.05) is 12.1 Å². The first-order valence-electron chi connectivity index (χ1n) is 5.06. The summed E-state index contributed by atoms with van der Waals surface area (Å²) in [5.41, 5.74) is 7.67. The summed E-state index contributed by atoms with van der Waals surface area (Å²) in [6.45, 7) is 3.43. The molecule has 82 valence electrons. The van der Waals surface area contributed by atoms with E-state index in [1.54, 1.807) is 7.05 Å². The molecule has 4 N–H and O–H groups in total. The van der Waals surface area contributed by atoms with E-state index in [1.807, 2.05) is 31.2 Å². The normalized spacial score (nSPS) is 11.3. The standard InChI is InChI=1S/C11H18N4/c1-3-14-11(13-2)15-10-6-4-5-9(7-10)8-12/h4-7H,3,8,12H2,1-2H3,(H2,13,14,15). The molecule has 0 amide bonds. The third kappa shape index (κ3) is 3.59. The molecule has 1 aromatic carbocycles. The highest BCUT2D eigenvalue weighted by atomic mass is 15.2. The van der Waals surface area contributed by atoms with Gasteiger partial charge in [0.25, 0.3) is 0 Å². The molecule has 0 aliphatic rings. The minimum Gasteiger partial charge on any atom is -0.356 e. The second kappa shape index (κ2) is 6.03. The van der Waals surface area contributed by atoms with E-state index in [4.69, 9.17) is 5.73 Å². The van der Waals surface area contributed by atoms with Crippen molar-refractivity contribution in [1.82, 2.24) is 5.32 Å². The van der Waals surface area contributed by atoms with Gasteiger partial charge in [0.15, 0.2) is 5.96 Å². The summed E-state index contributed by atoms with van der Waals surface area (Å²) in [5.74, 6) is 0.770. The van der Waals surface area contributed by atoms with E-state index in [0.29, 0.717) is 6.54 Å². The lowest BCUT2D eigenvalue weighted by Crippen LogP contribution is -2.30. The highest BCUT2D eigenvalue weighted by molar-refractivity contribution is 5.93. The molecule has 0 bridgehead atoms. The van der Waals surface area contributed by atoms with Crippen molar-refractivity contribution in [3.8, 4) is 0 Å². The van der Waals surface area contributed by atoms with Gasteiger partial charge in [-0.2, -0.15) is 0 Å². The molecular weight excluding hydrogens is 188 g/mol. The van der Waals surface area contributed by atoms with Gasteiger partial charge in [-0.15, -0.1) is 0 Å². The summed E-state index contributed by atoms with van der Waals surface area (Å²) in [7, 11) is 1.75. The number of anilines is 1.